The number of phenolic OH excluding ortho intramolecular Hbond substituents is 2. The Balaban J connectivity index is 1.83. The molecule has 3 aromatic carbocycles. The number of aryl methyl sites for hydroxylation is 1. The second-order valence-electron chi connectivity index (χ2n) is 8.64. The van der Waals surface area contributed by atoms with Crippen LogP contribution in [-0.4, -0.2) is 21.8 Å². The Hall–Kier alpha value is -3.60. The Kier molecular flexibility index (Phi) is 4.42. The molecule has 0 aromatic heterocycles. The van der Waals surface area contributed by atoms with Crippen LogP contribution in [0.25, 0.3) is 0 Å². The summed E-state index contributed by atoms with van der Waals surface area (Å²) in [6.07, 6.45) is 0. The van der Waals surface area contributed by atoms with Crippen molar-refractivity contribution in [3.63, 3.8) is 0 Å². The van der Waals surface area contributed by atoms with Gasteiger partial charge in [0.15, 0.2) is 11.6 Å². The second kappa shape index (κ2) is 6.73. The minimum absolute atomic E-state index is 0.0210. The predicted octanol–water partition coefficient (Wildman–Crippen LogP) is 5.22. The highest BCUT2D eigenvalue weighted by Gasteiger charge is 2.37. The van der Waals surface area contributed by atoms with Gasteiger partial charge in [-0.15, -0.1) is 0 Å². The number of aromatic hydroxyl groups is 2. The molecule has 0 heterocycles. The van der Waals surface area contributed by atoms with E-state index in [1.807, 2.05) is 24.3 Å². The molecule has 0 radical (unpaired) electrons. The summed E-state index contributed by atoms with van der Waals surface area (Å²) < 4.78 is 0. The van der Waals surface area contributed by atoms with Crippen molar-refractivity contribution >= 4 is 22.9 Å². The largest absolute Gasteiger partial charge is 0.507 e. The number of carbonyl (C=O) groups is 2. The highest BCUT2D eigenvalue weighted by Crippen LogP contribution is 2.41. The van der Waals surface area contributed by atoms with Crippen LogP contribution in [0.3, 0.4) is 0 Å². The molecule has 3 N–H and O–H groups in total. The molecule has 0 atom stereocenters. The molecule has 3 aromatic rings. The number of benzene rings is 3. The minimum atomic E-state index is -0.495. The molecule has 0 bridgehead atoms. The van der Waals surface area contributed by atoms with Gasteiger partial charge in [-0.3, -0.25) is 9.59 Å². The molecule has 0 fully saturated rings. The maximum atomic E-state index is 13.3. The first-order valence-electron chi connectivity index (χ1n) is 9.75. The highest BCUT2D eigenvalue weighted by atomic mass is 16.3. The zero-order chi connectivity index (χ0) is 21.8. The molecule has 1 aliphatic carbocycles. The summed E-state index contributed by atoms with van der Waals surface area (Å²) in [6.45, 7) is 8.15. The monoisotopic (exact) mass is 401 g/mol. The van der Waals surface area contributed by atoms with E-state index in [2.05, 4.69) is 26.1 Å². The maximum absolute atomic E-state index is 13.3. The Morgan fingerprint density at radius 3 is 1.77 bits per heavy atom. The summed E-state index contributed by atoms with van der Waals surface area (Å²) in [6, 6.07) is 13.9. The van der Waals surface area contributed by atoms with Gasteiger partial charge < -0.3 is 15.5 Å². The van der Waals surface area contributed by atoms with E-state index in [0.717, 1.165) is 5.69 Å². The van der Waals surface area contributed by atoms with E-state index in [-0.39, 0.29) is 39.2 Å². The fourth-order valence-corrected chi connectivity index (χ4v) is 3.84. The van der Waals surface area contributed by atoms with Crippen molar-refractivity contribution in [2.75, 3.05) is 5.32 Å². The number of rotatable bonds is 2. The van der Waals surface area contributed by atoms with Crippen LogP contribution in [-0.2, 0) is 5.41 Å². The van der Waals surface area contributed by atoms with Gasteiger partial charge in [0.1, 0.15) is 11.5 Å². The first kappa shape index (κ1) is 19.7. The van der Waals surface area contributed by atoms with Gasteiger partial charge in [-0.2, -0.15) is 0 Å². The lowest BCUT2D eigenvalue weighted by Crippen LogP contribution is -2.23. The van der Waals surface area contributed by atoms with Gasteiger partial charge in [0.05, 0.1) is 22.4 Å². The smallest absolute Gasteiger partial charge is 0.200 e. The van der Waals surface area contributed by atoms with Crippen LogP contribution < -0.4 is 5.32 Å². The summed E-state index contributed by atoms with van der Waals surface area (Å²) in [5.74, 6) is -1.61. The summed E-state index contributed by atoms with van der Waals surface area (Å²) in [5, 5.41) is 23.7. The molecule has 0 unspecified atom stereocenters. The van der Waals surface area contributed by atoms with Gasteiger partial charge >= 0.3 is 0 Å². The second-order valence-corrected chi connectivity index (χ2v) is 8.64. The Bertz CT molecular complexity index is 1200. The highest BCUT2D eigenvalue weighted by molar-refractivity contribution is 6.32. The SMILES string of the molecule is Cc1ccc(Nc2ccc(C(C)(C)C)cc2)c2c1C(=O)c1c(O)ccc(O)c1C2=O. The van der Waals surface area contributed by atoms with E-state index >= 15 is 0 Å². The van der Waals surface area contributed by atoms with E-state index in [4.69, 9.17) is 0 Å². The van der Waals surface area contributed by atoms with Gasteiger partial charge in [-0.1, -0.05) is 39.0 Å². The van der Waals surface area contributed by atoms with Crippen LogP contribution in [0.2, 0.25) is 0 Å². The Labute approximate surface area is 175 Å². The number of hydrogen-bond acceptors (Lipinski definition) is 5. The van der Waals surface area contributed by atoms with Crippen LogP contribution >= 0.6 is 0 Å². The molecule has 5 heteroatoms. The van der Waals surface area contributed by atoms with Crippen molar-refractivity contribution in [3.05, 3.63) is 81.9 Å². The summed E-state index contributed by atoms with van der Waals surface area (Å²) >= 11 is 0. The third kappa shape index (κ3) is 3.03. The third-order valence-electron chi connectivity index (χ3n) is 5.51. The number of anilines is 2. The van der Waals surface area contributed by atoms with Crippen molar-refractivity contribution < 1.29 is 19.8 Å². The molecular weight excluding hydrogens is 378 g/mol. The molecule has 1 aliphatic rings. The van der Waals surface area contributed by atoms with E-state index in [1.165, 1.54) is 17.7 Å². The van der Waals surface area contributed by atoms with Crippen LogP contribution in [0.4, 0.5) is 11.4 Å². The number of fused-ring (bicyclic) bond motifs is 2. The van der Waals surface area contributed by atoms with Crippen LogP contribution in [0.1, 0.15) is 63.7 Å². The molecule has 0 aliphatic heterocycles. The fourth-order valence-electron chi connectivity index (χ4n) is 3.84. The van der Waals surface area contributed by atoms with Gasteiger partial charge in [0.25, 0.3) is 0 Å². The summed E-state index contributed by atoms with van der Waals surface area (Å²) in [4.78, 5) is 26.5. The Morgan fingerprint density at radius 1 is 0.700 bits per heavy atom. The summed E-state index contributed by atoms with van der Waals surface area (Å²) in [7, 11) is 0. The average molecular weight is 401 g/mol. The number of ketones is 2. The van der Waals surface area contributed by atoms with Crippen LogP contribution in [0.5, 0.6) is 11.5 Å². The lowest BCUT2D eigenvalue weighted by Gasteiger charge is -2.24. The lowest BCUT2D eigenvalue weighted by atomic mass is 9.80. The van der Waals surface area contributed by atoms with Crippen molar-refractivity contribution in [2.45, 2.75) is 33.1 Å². The average Bonchev–Trinajstić information content (AvgIpc) is 2.68. The van der Waals surface area contributed by atoms with E-state index in [9.17, 15) is 19.8 Å². The van der Waals surface area contributed by atoms with Crippen LogP contribution in [0.15, 0.2) is 48.5 Å². The van der Waals surface area contributed by atoms with Gasteiger partial charge in [0, 0.05) is 11.3 Å². The topological polar surface area (TPSA) is 86.6 Å². The summed E-state index contributed by atoms with van der Waals surface area (Å²) in [5.41, 5.74) is 3.22. The van der Waals surface area contributed by atoms with E-state index < -0.39 is 11.6 Å². The molecule has 0 amide bonds. The van der Waals surface area contributed by atoms with Crippen molar-refractivity contribution in [2.24, 2.45) is 0 Å². The number of phenols is 2. The standard InChI is InChI=1S/C25H23NO4/c1-13-5-10-16(26-15-8-6-14(7-9-15)25(2,3)4)20-19(13)23(29)21-17(27)11-12-18(28)22(21)24(20)30/h5-12,26-28H,1-4H3. The molecule has 0 saturated heterocycles. The molecular formula is C25H23NO4. The Morgan fingerprint density at radius 2 is 1.23 bits per heavy atom. The van der Waals surface area contributed by atoms with Crippen molar-refractivity contribution in [1.29, 1.82) is 0 Å². The van der Waals surface area contributed by atoms with Crippen molar-refractivity contribution in [1.82, 2.24) is 0 Å². The first-order valence-corrected chi connectivity index (χ1v) is 9.75. The van der Waals surface area contributed by atoms with E-state index in [1.54, 1.807) is 19.1 Å². The quantitative estimate of drug-likeness (QED) is 0.401. The third-order valence-corrected chi connectivity index (χ3v) is 5.51. The maximum Gasteiger partial charge on any atom is 0.200 e. The minimum Gasteiger partial charge on any atom is -0.507 e. The fraction of sp³-hybridized carbons (Fsp3) is 0.200. The molecule has 4 rings (SSSR count). The number of hydrogen-bond donors (Lipinski definition) is 3. The number of nitrogens with one attached hydrogen (secondary N) is 1. The predicted molar refractivity (Wildman–Crippen MR) is 116 cm³/mol. The molecule has 152 valence electrons. The molecule has 0 spiro atoms. The van der Waals surface area contributed by atoms with Gasteiger partial charge in [0.2, 0.25) is 0 Å². The number of carbonyl (C=O) groups excluding carboxylic acids is 2. The zero-order valence-corrected chi connectivity index (χ0v) is 17.3. The van der Waals surface area contributed by atoms with Gasteiger partial charge in [-0.05, 0) is 53.8 Å². The molecule has 0 saturated carbocycles. The normalized spacial score (nSPS) is 13.1. The van der Waals surface area contributed by atoms with Crippen LogP contribution in [0, 0.1) is 6.92 Å². The first-order chi connectivity index (χ1) is 14.1. The molecule has 30 heavy (non-hydrogen) atoms. The van der Waals surface area contributed by atoms with E-state index in [0.29, 0.717) is 11.3 Å². The zero-order valence-electron chi connectivity index (χ0n) is 17.3. The lowest BCUT2D eigenvalue weighted by molar-refractivity contribution is 0.0974. The van der Waals surface area contributed by atoms with Gasteiger partial charge in [-0.25, -0.2) is 0 Å². The van der Waals surface area contributed by atoms with Crippen molar-refractivity contribution in [3.8, 4) is 11.5 Å². The molecule has 5 nitrogen and oxygen atoms in total.